The molecule has 0 bridgehead atoms. The van der Waals surface area contributed by atoms with E-state index >= 15 is 0 Å². The third-order valence-corrected chi connectivity index (χ3v) is 3.55. The van der Waals surface area contributed by atoms with Crippen LogP contribution in [0.25, 0.3) is 11.0 Å². The van der Waals surface area contributed by atoms with Crippen molar-refractivity contribution < 1.29 is 19.7 Å². The molecule has 10 nitrogen and oxygen atoms in total. The molecule has 0 saturated carbocycles. The van der Waals surface area contributed by atoms with E-state index in [1.165, 1.54) is 18.0 Å². The van der Waals surface area contributed by atoms with E-state index in [-0.39, 0.29) is 11.0 Å². The van der Waals surface area contributed by atoms with Gasteiger partial charge in [-0.15, -0.1) is 0 Å². The Morgan fingerprint density at radius 3 is 2.81 bits per heavy atom. The van der Waals surface area contributed by atoms with E-state index in [9.17, 15) is 19.8 Å². The molecule has 4 N–H and O–H groups in total. The number of aliphatic hydroxyl groups is 2. The topological polar surface area (TPSA) is 142 Å². The number of aromatic nitrogens is 4. The summed E-state index contributed by atoms with van der Waals surface area (Å²) >= 11 is 0. The van der Waals surface area contributed by atoms with Crippen molar-refractivity contribution >= 4 is 11.0 Å². The molecular weight excluding hydrogens is 284 g/mol. The van der Waals surface area contributed by atoms with Crippen molar-refractivity contribution in [3.8, 4) is 0 Å². The lowest BCUT2D eigenvalue weighted by atomic mass is 10.1. The quantitative estimate of drug-likeness (QED) is 0.498. The number of aliphatic hydroxyl groups excluding tert-OH is 2. The molecule has 4 atom stereocenters. The number of imidazole rings is 1. The van der Waals surface area contributed by atoms with Crippen LogP contribution in [0.5, 0.6) is 0 Å². The van der Waals surface area contributed by atoms with E-state index < -0.39 is 42.3 Å². The lowest BCUT2D eigenvalue weighted by Crippen LogP contribution is -2.35. The lowest BCUT2D eigenvalue weighted by Gasteiger charge is -2.19. The van der Waals surface area contributed by atoms with Crippen LogP contribution in [0.1, 0.15) is 6.23 Å². The number of aromatic amines is 2. The highest BCUT2D eigenvalue weighted by Crippen LogP contribution is 2.32. The molecule has 1 aliphatic heterocycles. The molecule has 21 heavy (non-hydrogen) atoms. The summed E-state index contributed by atoms with van der Waals surface area (Å²) in [7, 11) is 1.38. The van der Waals surface area contributed by atoms with Gasteiger partial charge in [-0.3, -0.25) is 24.4 Å². The van der Waals surface area contributed by atoms with Crippen molar-refractivity contribution in [2.24, 2.45) is 0 Å². The molecular formula is C11H14N4O6. The second-order valence-corrected chi connectivity index (χ2v) is 4.70. The van der Waals surface area contributed by atoms with Crippen LogP contribution < -0.4 is 11.1 Å². The van der Waals surface area contributed by atoms with Gasteiger partial charge in [-0.05, 0) is 0 Å². The maximum absolute atomic E-state index is 11.9. The molecule has 0 aromatic carbocycles. The lowest BCUT2D eigenvalue weighted by molar-refractivity contribution is -0.0581. The monoisotopic (exact) mass is 298 g/mol. The van der Waals surface area contributed by atoms with Crippen LogP contribution >= 0.6 is 0 Å². The molecule has 114 valence electrons. The Labute approximate surface area is 116 Å². The maximum atomic E-state index is 11.9. The van der Waals surface area contributed by atoms with Gasteiger partial charge in [-0.2, -0.15) is 0 Å². The van der Waals surface area contributed by atoms with Crippen molar-refractivity contribution in [3.05, 3.63) is 27.0 Å². The first-order chi connectivity index (χ1) is 10.1. The van der Waals surface area contributed by atoms with Crippen LogP contribution in [0.4, 0.5) is 0 Å². The number of H-pyrrole nitrogens is 2. The molecule has 3 heterocycles. The van der Waals surface area contributed by atoms with E-state index in [2.05, 4.69) is 15.2 Å². The van der Waals surface area contributed by atoms with Gasteiger partial charge in [0.05, 0.1) is 12.9 Å². The molecule has 2 aromatic heterocycles. The molecule has 10 heteroatoms. The molecule has 2 aromatic rings. The summed E-state index contributed by atoms with van der Waals surface area (Å²) in [6.07, 6.45) is -2.34. The Bertz CT molecular complexity index is 764. The SMILES string of the molecule is CO[C@@H]1[C@H](O)[C@@H](CO)O[C@H]1n1cnc2c(=O)[nH][nH]c(=O)c21. The van der Waals surface area contributed by atoms with E-state index in [1.54, 1.807) is 0 Å². The number of fused-ring (bicyclic) bond motifs is 1. The first kappa shape index (κ1) is 13.9. The Hall–Kier alpha value is -2.01. The maximum Gasteiger partial charge on any atom is 0.290 e. The minimum Gasteiger partial charge on any atom is -0.394 e. The zero-order valence-corrected chi connectivity index (χ0v) is 11.0. The highest BCUT2D eigenvalue weighted by Gasteiger charge is 2.45. The van der Waals surface area contributed by atoms with Gasteiger partial charge in [-0.1, -0.05) is 0 Å². The van der Waals surface area contributed by atoms with Gasteiger partial charge in [0, 0.05) is 7.11 Å². The van der Waals surface area contributed by atoms with Crippen molar-refractivity contribution in [2.45, 2.75) is 24.5 Å². The average Bonchev–Trinajstić information content (AvgIpc) is 3.04. The summed E-state index contributed by atoms with van der Waals surface area (Å²) in [5, 5.41) is 23.6. The molecule has 3 rings (SSSR count). The molecule has 1 aliphatic rings. The zero-order valence-electron chi connectivity index (χ0n) is 11.0. The first-order valence-corrected chi connectivity index (χ1v) is 6.23. The molecule has 1 fully saturated rings. The van der Waals surface area contributed by atoms with Crippen LogP contribution in [0.2, 0.25) is 0 Å². The predicted molar refractivity (Wildman–Crippen MR) is 68.8 cm³/mol. The number of ether oxygens (including phenoxy) is 2. The number of hydrogen-bond donors (Lipinski definition) is 4. The van der Waals surface area contributed by atoms with Crippen LogP contribution in [-0.2, 0) is 9.47 Å². The number of nitrogens with zero attached hydrogens (tertiary/aromatic N) is 2. The second-order valence-electron chi connectivity index (χ2n) is 4.70. The Balaban J connectivity index is 2.15. The van der Waals surface area contributed by atoms with Crippen molar-refractivity contribution in [3.63, 3.8) is 0 Å². The van der Waals surface area contributed by atoms with Gasteiger partial charge in [-0.25, -0.2) is 4.98 Å². The van der Waals surface area contributed by atoms with Gasteiger partial charge in [0.15, 0.2) is 11.7 Å². The summed E-state index contributed by atoms with van der Waals surface area (Å²) in [5.74, 6) is 0. The largest absolute Gasteiger partial charge is 0.394 e. The fourth-order valence-corrected chi connectivity index (χ4v) is 2.52. The molecule has 1 saturated heterocycles. The second kappa shape index (κ2) is 5.07. The summed E-state index contributed by atoms with van der Waals surface area (Å²) in [5.41, 5.74) is -1.13. The van der Waals surface area contributed by atoms with E-state index in [1.807, 2.05) is 0 Å². The van der Waals surface area contributed by atoms with Gasteiger partial charge < -0.3 is 19.7 Å². The Morgan fingerprint density at radius 1 is 1.43 bits per heavy atom. The molecule has 0 aliphatic carbocycles. The van der Waals surface area contributed by atoms with Gasteiger partial charge >= 0.3 is 0 Å². The van der Waals surface area contributed by atoms with Gasteiger partial charge in [0.1, 0.15) is 23.8 Å². The normalized spacial score (nSPS) is 29.3. The van der Waals surface area contributed by atoms with Crippen LogP contribution in [0, 0.1) is 0 Å². The third kappa shape index (κ3) is 2.00. The molecule has 0 spiro atoms. The minimum atomic E-state index is -1.07. The van der Waals surface area contributed by atoms with Crippen LogP contribution in [-0.4, -0.2) is 62.0 Å². The fraction of sp³-hybridized carbons (Fsp3) is 0.545. The van der Waals surface area contributed by atoms with E-state index in [0.717, 1.165) is 0 Å². The van der Waals surface area contributed by atoms with E-state index in [4.69, 9.17) is 9.47 Å². The van der Waals surface area contributed by atoms with Gasteiger partial charge in [0.25, 0.3) is 11.1 Å². The van der Waals surface area contributed by atoms with Crippen LogP contribution in [0.3, 0.4) is 0 Å². The Morgan fingerprint density at radius 2 is 2.14 bits per heavy atom. The Kier molecular flexibility index (Phi) is 3.37. The minimum absolute atomic E-state index is 0.0107. The number of rotatable bonds is 3. The van der Waals surface area contributed by atoms with Crippen molar-refractivity contribution in [1.29, 1.82) is 0 Å². The van der Waals surface area contributed by atoms with E-state index in [0.29, 0.717) is 0 Å². The highest BCUT2D eigenvalue weighted by atomic mass is 16.6. The van der Waals surface area contributed by atoms with Crippen LogP contribution in [0.15, 0.2) is 15.9 Å². The van der Waals surface area contributed by atoms with Crippen molar-refractivity contribution in [2.75, 3.05) is 13.7 Å². The standard InChI is InChI=1S/C11H14N4O6/c1-20-8-7(17)4(2-16)21-11(8)15-3-12-5-6(15)10(19)14-13-9(5)18/h3-4,7-8,11,16-17H,2H2,1H3,(H,13,18)(H,14,19)/t4-,7-,8-,11-/m1/s1. The first-order valence-electron chi connectivity index (χ1n) is 6.23. The molecule has 0 radical (unpaired) electrons. The summed E-state index contributed by atoms with van der Waals surface area (Å²) in [4.78, 5) is 27.4. The smallest absolute Gasteiger partial charge is 0.290 e. The fourth-order valence-electron chi connectivity index (χ4n) is 2.52. The van der Waals surface area contributed by atoms with Crippen molar-refractivity contribution in [1.82, 2.24) is 19.7 Å². The summed E-state index contributed by atoms with van der Waals surface area (Å²) < 4.78 is 12.0. The highest BCUT2D eigenvalue weighted by molar-refractivity contribution is 5.72. The third-order valence-electron chi connectivity index (χ3n) is 3.55. The molecule has 0 unspecified atom stereocenters. The number of nitrogens with one attached hydrogen (secondary N) is 2. The summed E-state index contributed by atoms with van der Waals surface area (Å²) in [6.45, 7) is -0.402. The summed E-state index contributed by atoms with van der Waals surface area (Å²) in [6, 6.07) is 0. The zero-order chi connectivity index (χ0) is 15.1. The number of hydrogen-bond acceptors (Lipinski definition) is 7. The number of methoxy groups -OCH3 is 1. The molecule has 0 amide bonds. The average molecular weight is 298 g/mol. The predicted octanol–water partition coefficient (Wildman–Crippen LogP) is -2.32. The van der Waals surface area contributed by atoms with Gasteiger partial charge in [0.2, 0.25) is 0 Å².